The Bertz CT molecular complexity index is 382. The number of nitrogens with zero attached hydrogens (tertiary/aromatic N) is 1. The molecule has 0 aliphatic heterocycles. The van der Waals surface area contributed by atoms with Gasteiger partial charge in [0.1, 0.15) is 13.1 Å². The highest BCUT2D eigenvalue weighted by atomic mass is 79.9. The minimum atomic E-state index is 0. The molecule has 0 spiro atoms. The van der Waals surface area contributed by atoms with E-state index < -0.39 is 0 Å². The molecule has 0 atom stereocenters. The summed E-state index contributed by atoms with van der Waals surface area (Å²) in [6.07, 6.45) is 28.6. The van der Waals surface area contributed by atoms with Crippen molar-refractivity contribution in [1.82, 2.24) is 0 Å². The Balaban J connectivity index is 0. The van der Waals surface area contributed by atoms with Crippen LogP contribution in [0.5, 0.6) is 0 Å². The molecule has 0 saturated carbocycles. The Morgan fingerprint density at radius 2 is 0.757 bits per heavy atom. The lowest BCUT2D eigenvalue weighted by Crippen LogP contribution is -3.00. The summed E-state index contributed by atoms with van der Waals surface area (Å²) in [4.78, 5) is 0. The van der Waals surface area contributed by atoms with Gasteiger partial charge in [-0.15, -0.1) is 0 Å². The summed E-state index contributed by atoms with van der Waals surface area (Å²) >= 11 is 0. The van der Waals surface area contributed by atoms with Crippen LogP contribution in [-0.4, -0.2) is 64.1 Å². The number of unbranched alkanes of at least 4 members (excludes halogenated alkanes) is 18. The molecular weight excluding hydrogens is 524 g/mol. The fourth-order valence-electron chi connectivity index (χ4n) is 4.97. The first-order valence-electron chi connectivity index (χ1n) is 16.4. The van der Waals surface area contributed by atoms with Gasteiger partial charge in [-0.1, -0.05) is 129 Å². The van der Waals surface area contributed by atoms with Crippen molar-refractivity contribution in [3.05, 3.63) is 0 Å². The highest BCUT2D eigenvalue weighted by Gasteiger charge is 2.20. The molecule has 0 rings (SSSR count). The molecule has 0 aromatic carbocycles. The van der Waals surface area contributed by atoms with Gasteiger partial charge in [0, 0.05) is 19.6 Å². The van der Waals surface area contributed by atoms with Crippen LogP contribution in [0.25, 0.3) is 0 Å². The Morgan fingerprint density at radius 3 is 1.08 bits per heavy atom. The number of hydrogen-bond donors (Lipinski definition) is 1. The van der Waals surface area contributed by atoms with Gasteiger partial charge in [-0.05, 0) is 19.4 Å². The quantitative estimate of drug-likeness (QED) is 0.0834. The van der Waals surface area contributed by atoms with E-state index in [1.165, 1.54) is 128 Å². The second-order valence-electron chi connectivity index (χ2n) is 11.5. The zero-order valence-corrected chi connectivity index (χ0v) is 27.3. The van der Waals surface area contributed by atoms with Crippen LogP contribution in [0.15, 0.2) is 0 Å². The Hall–Kier alpha value is 0.320. The van der Waals surface area contributed by atoms with Gasteiger partial charge in [-0.2, -0.15) is 0 Å². The van der Waals surface area contributed by atoms with Crippen LogP contribution < -0.4 is 22.7 Å². The van der Waals surface area contributed by atoms with Crippen molar-refractivity contribution in [2.45, 2.75) is 149 Å². The lowest BCUT2D eigenvalue weighted by atomic mass is 10.1. The first kappa shape index (κ1) is 39.5. The molecule has 0 aliphatic carbocycles. The Kier molecular flexibility index (Phi) is 34.7. The van der Waals surface area contributed by atoms with Gasteiger partial charge in [-0.3, -0.25) is 0 Å². The summed E-state index contributed by atoms with van der Waals surface area (Å²) < 4.78 is 13.0. The second-order valence-corrected chi connectivity index (χ2v) is 11.5. The maximum Gasteiger partial charge on any atom is 0.102 e. The van der Waals surface area contributed by atoms with E-state index >= 15 is 0 Å². The highest BCUT2D eigenvalue weighted by molar-refractivity contribution is 4.50. The molecule has 0 aromatic heterocycles. The van der Waals surface area contributed by atoms with Crippen molar-refractivity contribution in [3.8, 4) is 0 Å². The van der Waals surface area contributed by atoms with E-state index in [4.69, 9.17) is 15.2 Å². The topological polar surface area (TPSA) is 44.5 Å². The van der Waals surface area contributed by atoms with E-state index in [0.29, 0.717) is 0 Å². The van der Waals surface area contributed by atoms with Crippen LogP contribution in [0.3, 0.4) is 0 Å². The normalized spacial score (nSPS) is 11.7. The van der Waals surface area contributed by atoms with E-state index in [0.717, 1.165) is 63.5 Å². The first-order chi connectivity index (χ1) is 17.7. The van der Waals surface area contributed by atoms with Crippen LogP contribution in [0.4, 0.5) is 0 Å². The third-order valence-corrected chi connectivity index (χ3v) is 7.74. The SMILES string of the molecule is CCCCCCCCCCCCOCC[N+](C)(CCCN)CCOCCCCCCCCCCCC.[Br-]. The maximum absolute atomic E-state index is 6.01. The first-order valence-corrected chi connectivity index (χ1v) is 16.4. The van der Waals surface area contributed by atoms with Gasteiger partial charge in [-0.25, -0.2) is 0 Å². The number of rotatable bonds is 31. The van der Waals surface area contributed by atoms with Gasteiger partial charge < -0.3 is 36.7 Å². The Morgan fingerprint density at radius 1 is 0.432 bits per heavy atom. The molecule has 2 N–H and O–H groups in total. The van der Waals surface area contributed by atoms with Crippen LogP contribution in [0.2, 0.25) is 0 Å². The van der Waals surface area contributed by atoms with Gasteiger partial charge >= 0.3 is 0 Å². The predicted molar refractivity (Wildman–Crippen MR) is 160 cm³/mol. The molecular formula is C32H69BrN2O2. The molecule has 0 radical (unpaired) electrons. The second kappa shape index (κ2) is 32.5. The molecule has 0 heterocycles. The number of halogens is 1. The molecule has 37 heavy (non-hydrogen) atoms. The maximum atomic E-state index is 6.01. The van der Waals surface area contributed by atoms with E-state index in [-0.39, 0.29) is 17.0 Å². The lowest BCUT2D eigenvalue weighted by Gasteiger charge is -2.34. The number of hydrogen-bond acceptors (Lipinski definition) is 3. The van der Waals surface area contributed by atoms with Crippen molar-refractivity contribution in [2.24, 2.45) is 5.73 Å². The van der Waals surface area contributed by atoms with E-state index in [9.17, 15) is 0 Å². The molecule has 0 aliphatic rings. The molecule has 0 saturated heterocycles. The van der Waals surface area contributed by atoms with Crippen molar-refractivity contribution < 1.29 is 30.9 Å². The number of ether oxygens (including phenoxy) is 2. The smallest absolute Gasteiger partial charge is 0.102 e. The standard InChI is InChI=1S/C32H69N2O2.BrH/c1-4-6-8-10-12-14-16-18-20-22-29-35-31-27-34(3,26-24-25-33)28-32-36-30-23-21-19-17-15-13-11-9-7-5-2;/h4-33H2,1-3H3;1H/q+1;/p-1. The zero-order valence-electron chi connectivity index (χ0n) is 25.7. The Labute approximate surface area is 244 Å². The van der Waals surface area contributed by atoms with Crippen molar-refractivity contribution in [1.29, 1.82) is 0 Å². The summed E-state index contributed by atoms with van der Waals surface area (Å²) in [6.45, 7) is 12.2. The summed E-state index contributed by atoms with van der Waals surface area (Å²) in [7, 11) is 2.35. The largest absolute Gasteiger partial charge is 1.00 e. The van der Waals surface area contributed by atoms with Crippen LogP contribution >= 0.6 is 0 Å². The fraction of sp³-hybridized carbons (Fsp3) is 1.00. The average molecular weight is 594 g/mol. The number of quaternary nitrogens is 1. The van der Waals surface area contributed by atoms with Crippen molar-refractivity contribution in [2.75, 3.05) is 59.7 Å². The minimum Gasteiger partial charge on any atom is -1.00 e. The lowest BCUT2D eigenvalue weighted by molar-refractivity contribution is -0.910. The summed E-state index contributed by atoms with van der Waals surface area (Å²) in [5.74, 6) is 0. The van der Waals surface area contributed by atoms with Gasteiger partial charge in [0.25, 0.3) is 0 Å². The average Bonchev–Trinajstić information content (AvgIpc) is 2.88. The predicted octanol–water partition coefficient (Wildman–Crippen LogP) is 5.66. The zero-order chi connectivity index (χ0) is 26.4. The summed E-state index contributed by atoms with van der Waals surface area (Å²) in [5, 5.41) is 0. The fourth-order valence-corrected chi connectivity index (χ4v) is 4.97. The van der Waals surface area contributed by atoms with Crippen molar-refractivity contribution in [3.63, 3.8) is 0 Å². The van der Waals surface area contributed by atoms with Crippen LogP contribution in [0.1, 0.15) is 149 Å². The molecule has 0 amide bonds. The van der Waals surface area contributed by atoms with Crippen LogP contribution in [0, 0.1) is 0 Å². The monoisotopic (exact) mass is 592 g/mol. The third kappa shape index (κ3) is 30.7. The molecule has 0 aromatic rings. The van der Waals surface area contributed by atoms with Gasteiger partial charge in [0.15, 0.2) is 0 Å². The summed E-state index contributed by atoms with van der Waals surface area (Å²) in [6, 6.07) is 0. The molecule has 4 nitrogen and oxygen atoms in total. The number of nitrogens with two attached hydrogens (primary N) is 1. The highest BCUT2D eigenvalue weighted by Crippen LogP contribution is 2.12. The van der Waals surface area contributed by atoms with Gasteiger partial charge in [0.2, 0.25) is 0 Å². The molecule has 0 bridgehead atoms. The van der Waals surface area contributed by atoms with Crippen LogP contribution in [-0.2, 0) is 9.47 Å². The van der Waals surface area contributed by atoms with Crippen molar-refractivity contribution >= 4 is 0 Å². The van der Waals surface area contributed by atoms with E-state index in [1.807, 2.05) is 0 Å². The van der Waals surface area contributed by atoms with E-state index in [1.54, 1.807) is 0 Å². The number of likely N-dealkylation sites (N-methyl/N-ethyl adjacent to an activating group) is 1. The molecule has 0 fully saturated rings. The van der Waals surface area contributed by atoms with E-state index in [2.05, 4.69) is 20.9 Å². The molecule has 226 valence electrons. The molecule has 5 heteroatoms. The van der Waals surface area contributed by atoms with Gasteiger partial charge in [0.05, 0.1) is 26.8 Å². The molecule has 0 unspecified atom stereocenters. The third-order valence-electron chi connectivity index (χ3n) is 7.74. The summed E-state index contributed by atoms with van der Waals surface area (Å²) in [5.41, 5.74) is 5.81. The minimum absolute atomic E-state index is 0.